The summed E-state index contributed by atoms with van der Waals surface area (Å²) in [4.78, 5) is 52.9. The van der Waals surface area contributed by atoms with Gasteiger partial charge in [-0.3, -0.25) is 14.4 Å². The van der Waals surface area contributed by atoms with E-state index in [1.807, 2.05) is 62.6 Å². The standard InChI is InChI=1S/C39H51F2N5O5S/c1-24-16-29(25(24)2)37(49)43-19-34(47)44-32(38(50)51)22-52-23-35(48)46(15-9-14-42)36(39(3,4)5)33-17-27(30-18-28(40)12-13-31(30)41)21-45(33)20-26-10-7-6-8-11-26/h6-8,10-13,17-18,21,24-25,29,32,36H,9,14-16,19-20,22-23,42H2,1-5H3,(H,43,49)(H,44,47)(H,50,51). The second-order valence-corrected chi connectivity index (χ2v) is 15.8. The van der Waals surface area contributed by atoms with Crippen molar-refractivity contribution in [1.29, 1.82) is 0 Å². The fraction of sp³-hybridized carbons (Fsp3) is 0.487. The number of nitrogens with two attached hydrogens (primary N) is 1. The fourth-order valence-corrected chi connectivity index (χ4v) is 7.63. The first-order chi connectivity index (χ1) is 24.6. The number of thioether (sulfide) groups is 1. The molecule has 0 bridgehead atoms. The predicted molar refractivity (Wildman–Crippen MR) is 199 cm³/mol. The molecule has 5 atom stereocenters. The van der Waals surface area contributed by atoms with Crippen molar-refractivity contribution in [2.24, 2.45) is 28.9 Å². The van der Waals surface area contributed by atoms with Crippen LogP contribution in [0.15, 0.2) is 60.8 Å². The summed E-state index contributed by atoms with van der Waals surface area (Å²) in [6.07, 6.45) is 3.02. The molecule has 10 nitrogen and oxygen atoms in total. The quantitative estimate of drug-likeness (QED) is 0.144. The van der Waals surface area contributed by atoms with Crippen LogP contribution >= 0.6 is 11.8 Å². The van der Waals surface area contributed by atoms with E-state index in [1.165, 1.54) is 0 Å². The molecule has 1 fully saturated rings. The van der Waals surface area contributed by atoms with Gasteiger partial charge in [0.1, 0.15) is 17.7 Å². The molecular formula is C39H51F2N5O5S. The van der Waals surface area contributed by atoms with Gasteiger partial charge >= 0.3 is 5.97 Å². The van der Waals surface area contributed by atoms with E-state index < -0.39 is 41.0 Å². The zero-order valence-electron chi connectivity index (χ0n) is 30.5. The summed E-state index contributed by atoms with van der Waals surface area (Å²) in [5.74, 6) is -3.20. The zero-order chi connectivity index (χ0) is 38.2. The highest BCUT2D eigenvalue weighted by Gasteiger charge is 2.40. The van der Waals surface area contributed by atoms with E-state index in [4.69, 9.17) is 5.73 Å². The summed E-state index contributed by atoms with van der Waals surface area (Å²) in [6.45, 7) is 10.7. The number of carbonyl (C=O) groups is 4. The predicted octanol–water partition coefficient (Wildman–Crippen LogP) is 5.46. The van der Waals surface area contributed by atoms with Crippen LogP contribution in [-0.2, 0) is 25.7 Å². The van der Waals surface area contributed by atoms with Gasteiger partial charge in [-0.2, -0.15) is 0 Å². The van der Waals surface area contributed by atoms with Crippen LogP contribution in [0.5, 0.6) is 0 Å². The van der Waals surface area contributed by atoms with Crippen LogP contribution in [0.2, 0.25) is 0 Å². The van der Waals surface area contributed by atoms with Gasteiger partial charge in [0.25, 0.3) is 0 Å². The average molecular weight is 740 g/mol. The maximum Gasteiger partial charge on any atom is 0.327 e. The molecule has 1 aromatic heterocycles. The Kier molecular flexibility index (Phi) is 14.0. The Balaban J connectivity index is 1.54. The van der Waals surface area contributed by atoms with Gasteiger partial charge in [0.15, 0.2) is 0 Å². The van der Waals surface area contributed by atoms with Gasteiger partial charge < -0.3 is 30.9 Å². The van der Waals surface area contributed by atoms with Crippen LogP contribution in [-0.4, -0.2) is 75.4 Å². The molecule has 282 valence electrons. The minimum atomic E-state index is -1.28. The molecule has 1 heterocycles. The summed E-state index contributed by atoms with van der Waals surface area (Å²) in [7, 11) is 0. The molecule has 3 amide bonds. The maximum absolute atomic E-state index is 15.1. The lowest BCUT2D eigenvalue weighted by atomic mass is 9.66. The van der Waals surface area contributed by atoms with Crippen molar-refractivity contribution >= 4 is 35.5 Å². The Morgan fingerprint density at radius 3 is 2.40 bits per heavy atom. The van der Waals surface area contributed by atoms with Crippen LogP contribution in [0.25, 0.3) is 11.1 Å². The third kappa shape index (κ3) is 10.4. The zero-order valence-corrected chi connectivity index (χ0v) is 31.3. The average Bonchev–Trinajstić information content (AvgIpc) is 3.49. The van der Waals surface area contributed by atoms with Gasteiger partial charge in [-0.1, -0.05) is 65.0 Å². The Hall–Kier alpha value is -4.23. The van der Waals surface area contributed by atoms with Crippen molar-refractivity contribution in [3.05, 3.63) is 83.7 Å². The largest absolute Gasteiger partial charge is 0.480 e. The molecule has 13 heteroatoms. The summed E-state index contributed by atoms with van der Waals surface area (Å²) in [5.41, 5.74) is 7.62. The topological polar surface area (TPSA) is 147 Å². The minimum absolute atomic E-state index is 0.0871. The summed E-state index contributed by atoms with van der Waals surface area (Å²) in [6, 6.07) is 13.0. The number of amides is 3. The second kappa shape index (κ2) is 18.0. The number of hydrogen-bond donors (Lipinski definition) is 4. The Morgan fingerprint density at radius 2 is 1.79 bits per heavy atom. The number of hydrogen-bond acceptors (Lipinski definition) is 6. The third-order valence-electron chi connectivity index (χ3n) is 9.76. The number of aliphatic carboxylic acids is 1. The molecule has 5 N–H and O–H groups in total. The maximum atomic E-state index is 15.1. The van der Waals surface area contributed by atoms with Gasteiger partial charge in [0, 0.05) is 47.8 Å². The molecule has 1 aliphatic carbocycles. The van der Waals surface area contributed by atoms with Crippen molar-refractivity contribution in [2.45, 2.75) is 66.1 Å². The number of nitrogens with one attached hydrogen (secondary N) is 2. The Morgan fingerprint density at radius 1 is 1.08 bits per heavy atom. The van der Waals surface area contributed by atoms with E-state index in [-0.39, 0.29) is 47.3 Å². The number of carbonyl (C=O) groups excluding carboxylic acids is 3. The second-order valence-electron chi connectivity index (χ2n) is 14.8. The van der Waals surface area contributed by atoms with Crippen molar-refractivity contribution < 1.29 is 33.1 Å². The molecule has 1 saturated carbocycles. The fourth-order valence-electron chi connectivity index (χ4n) is 6.71. The number of benzene rings is 2. The third-order valence-corrected chi connectivity index (χ3v) is 10.8. The summed E-state index contributed by atoms with van der Waals surface area (Å²) in [5, 5.41) is 14.9. The first kappa shape index (κ1) is 40.5. The van der Waals surface area contributed by atoms with Crippen molar-refractivity contribution in [1.82, 2.24) is 20.1 Å². The molecule has 3 aromatic rings. The van der Waals surface area contributed by atoms with Crippen molar-refractivity contribution in [3.8, 4) is 11.1 Å². The molecule has 5 unspecified atom stereocenters. The van der Waals surface area contributed by atoms with Crippen molar-refractivity contribution in [3.63, 3.8) is 0 Å². The van der Waals surface area contributed by atoms with Crippen LogP contribution in [0.1, 0.15) is 64.8 Å². The molecule has 4 rings (SSSR count). The highest BCUT2D eigenvalue weighted by molar-refractivity contribution is 8.00. The lowest BCUT2D eigenvalue weighted by Crippen LogP contribution is -2.50. The molecule has 2 aromatic carbocycles. The first-order valence-corrected chi connectivity index (χ1v) is 18.8. The molecule has 0 aliphatic heterocycles. The smallest absolute Gasteiger partial charge is 0.327 e. The molecular weight excluding hydrogens is 689 g/mol. The molecule has 52 heavy (non-hydrogen) atoms. The number of carboxylic acids is 1. The van der Waals surface area contributed by atoms with E-state index >= 15 is 4.39 Å². The number of aromatic nitrogens is 1. The molecule has 0 radical (unpaired) electrons. The highest BCUT2D eigenvalue weighted by atomic mass is 32.2. The van der Waals surface area contributed by atoms with Gasteiger partial charge in [-0.15, -0.1) is 11.8 Å². The number of nitrogens with zero attached hydrogens (tertiary/aromatic N) is 2. The number of halogens is 2. The number of carboxylic acid groups (broad SMARTS) is 1. The number of rotatable bonds is 17. The van der Waals surface area contributed by atoms with Gasteiger partial charge in [0.2, 0.25) is 17.7 Å². The van der Waals surface area contributed by atoms with Gasteiger partial charge in [0.05, 0.1) is 18.3 Å². The molecule has 1 aliphatic rings. The van der Waals surface area contributed by atoms with E-state index in [1.54, 1.807) is 17.2 Å². The van der Waals surface area contributed by atoms with E-state index in [0.29, 0.717) is 43.2 Å². The van der Waals surface area contributed by atoms with Crippen molar-refractivity contribution in [2.75, 3.05) is 31.1 Å². The molecule has 0 spiro atoms. The van der Waals surface area contributed by atoms with Gasteiger partial charge in [-0.25, -0.2) is 13.6 Å². The van der Waals surface area contributed by atoms with Crippen LogP contribution in [0.3, 0.4) is 0 Å². The lowest BCUT2D eigenvalue weighted by molar-refractivity contribution is -0.141. The van der Waals surface area contributed by atoms with E-state index in [0.717, 1.165) is 41.9 Å². The van der Waals surface area contributed by atoms with Crippen LogP contribution in [0.4, 0.5) is 8.78 Å². The van der Waals surface area contributed by atoms with Crippen LogP contribution in [0, 0.1) is 34.8 Å². The summed E-state index contributed by atoms with van der Waals surface area (Å²) < 4.78 is 31.3. The Bertz CT molecular complexity index is 1710. The lowest BCUT2D eigenvalue weighted by Gasteiger charge is -2.41. The minimum Gasteiger partial charge on any atom is -0.480 e. The summed E-state index contributed by atoms with van der Waals surface area (Å²) >= 11 is 1.08. The monoisotopic (exact) mass is 739 g/mol. The Labute approximate surface area is 308 Å². The van der Waals surface area contributed by atoms with Crippen LogP contribution < -0.4 is 16.4 Å². The van der Waals surface area contributed by atoms with E-state index in [9.17, 15) is 28.7 Å². The van der Waals surface area contributed by atoms with E-state index in [2.05, 4.69) is 17.6 Å². The normalized spacial score (nSPS) is 18.2. The molecule has 0 saturated heterocycles. The van der Waals surface area contributed by atoms with Gasteiger partial charge in [-0.05, 0) is 66.5 Å². The highest BCUT2D eigenvalue weighted by Crippen LogP contribution is 2.42. The first-order valence-electron chi connectivity index (χ1n) is 17.7. The SMILES string of the molecule is CC1CC(C(=O)NCC(=O)NC(CSCC(=O)N(CCCN)C(c2cc(-c3cc(F)ccc3F)cn2Cc2ccccc2)C(C)(C)C)C(=O)O)C1C.